The molecule has 0 spiro atoms. The molecule has 0 bridgehead atoms. The van der Waals surface area contributed by atoms with Gasteiger partial charge in [-0.3, -0.25) is 9.36 Å². The predicted octanol–water partition coefficient (Wildman–Crippen LogP) is 2.22. The van der Waals surface area contributed by atoms with E-state index in [0.717, 1.165) is 22.5 Å². The van der Waals surface area contributed by atoms with Crippen LogP contribution in [0.25, 0.3) is 5.69 Å². The summed E-state index contributed by atoms with van der Waals surface area (Å²) in [6.07, 6.45) is 3.17. The number of nitrogens with zero attached hydrogens (tertiary/aromatic N) is 4. The predicted molar refractivity (Wildman–Crippen MR) is 92.8 cm³/mol. The third-order valence-electron chi connectivity index (χ3n) is 3.88. The largest absolute Gasteiger partial charge is 0.481 e. The van der Waals surface area contributed by atoms with Crippen LogP contribution in [0.5, 0.6) is 5.88 Å². The molecule has 25 heavy (non-hydrogen) atoms. The lowest BCUT2D eigenvalue weighted by Crippen LogP contribution is -2.24. The Morgan fingerprint density at radius 2 is 1.96 bits per heavy atom. The molecule has 1 N–H and O–H groups in total. The SMILES string of the molecule is COc1nc(C)cc(C)c1CNC(=O)c1cccc(-n2cnnc2)c1. The molecule has 0 radical (unpaired) electrons. The van der Waals surface area contributed by atoms with E-state index in [-0.39, 0.29) is 5.91 Å². The van der Waals surface area contributed by atoms with Gasteiger partial charge in [0.2, 0.25) is 5.88 Å². The van der Waals surface area contributed by atoms with Gasteiger partial charge in [0.05, 0.1) is 7.11 Å². The van der Waals surface area contributed by atoms with Gasteiger partial charge in [0.25, 0.3) is 5.91 Å². The smallest absolute Gasteiger partial charge is 0.251 e. The molecule has 0 saturated carbocycles. The number of nitrogens with one attached hydrogen (secondary N) is 1. The van der Waals surface area contributed by atoms with Crippen molar-refractivity contribution in [2.75, 3.05) is 7.11 Å². The van der Waals surface area contributed by atoms with Crippen molar-refractivity contribution in [2.24, 2.45) is 0 Å². The van der Waals surface area contributed by atoms with Crippen molar-refractivity contribution in [1.29, 1.82) is 0 Å². The van der Waals surface area contributed by atoms with E-state index >= 15 is 0 Å². The maximum absolute atomic E-state index is 12.5. The number of ether oxygens (including phenoxy) is 1. The Kier molecular flexibility index (Phi) is 4.74. The van der Waals surface area contributed by atoms with E-state index < -0.39 is 0 Å². The Morgan fingerprint density at radius 1 is 1.20 bits per heavy atom. The van der Waals surface area contributed by atoms with Gasteiger partial charge in [0.15, 0.2) is 0 Å². The summed E-state index contributed by atoms with van der Waals surface area (Å²) in [6.45, 7) is 4.23. The summed E-state index contributed by atoms with van der Waals surface area (Å²) in [7, 11) is 1.58. The van der Waals surface area contributed by atoms with Gasteiger partial charge in [-0.1, -0.05) is 6.07 Å². The summed E-state index contributed by atoms with van der Waals surface area (Å²) in [5.41, 5.74) is 4.16. The number of methoxy groups -OCH3 is 1. The van der Waals surface area contributed by atoms with Crippen LogP contribution in [-0.4, -0.2) is 32.8 Å². The molecule has 0 fully saturated rings. The van der Waals surface area contributed by atoms with Gasteiger partial charge in [-0.05, 0) is 43.7 Å². The van der Waals surface area contributed by atoms with E-state index in [1.807, 2.05) is 32.0 Å². The molecule has 2 aromatic heterocycles. The first-order chi connectivity index (χ1) is 12.1. The van der Waals surface area contributed by atoms with Crippen molar-refractivity contribution in [2.45, 2.75) is 20.4 Å². The second-order valence-electron chi connectivity index (χ2n) is 5.67. The van der Waals surface area contributed by atoms with Crippen LogP contribution in [0, 0.1) is 13.8 Å². The molecule has 0 aliphatic carbocycles. The molecular weight excluding hydrogens is 318 g/mol. The topological polar surface area (TPSA) is 81.9 Å². The zero-order valence-corrected chi connectivity index (χ0v) is 14.4. The molecule has 1 amide bonds. The number of hydrogen-bond donors (Lipinski definition) is 1. The number of aromatic nitrogens is 4. The molecule has 7 heteroatoms. The average Bonchev–Trinajstić information content (AvgIpc) is 3.15. The molecule has 3 aromatic rings. The third-order valence-corrected chi connectivity index (χ3v) is 3.88. The fourth-order valence-corrected chi connectivity index (χ4v) is 2.63. The van der Waals surface area contributed by atoms with E-state index in [2.05, 4.69) is 20.5 Å². The van der Waals surface area contributed by atoms with E-state index in [1.54, 1.807) is 36.5 Å². The zero-order valence-electron chi connectivity index (χ0n) is 14.4. The van der Waals surface area contributed by atoms with Crippen LogP contribution >= 0.6 is 0 Å². The summed E-state index contributed by atoms with van der Waals surface area (Å²) in [6, 6.07) is 9.23. The minimum atomic E-state index is -0.169. The number of benzene rings is 1. The van der Waals surface area contributed by atoms with Crippen LogP contribution in [-0.2, 0) is 6.54 Å². The number of amides is 1. The van der Waals surface area contributed by atoms with Crippen molar-refractivity contribution < 1.29 is 9.53 Å². The van der Waals surface area contributed by atoms with Crippen LogP contribution in [0.1, 0.15) is 27.2 Å². The highest BCUT2D eigenvalue weighted by Crippen LogP contribution is 2.20. The Morgan fingerprint density at radius 3 is 2.68 bits per heavy atom. The number of pyridine rings is 1. The van der Waals surface area contributed by atoms with Crippen molar-refractivity contribution in [3.8, 4) is 11.6 Å². The molecule has 0 atom stereocenters. The number of carbonyl (C=O) groups excluding carboxylic acids is 1. The Labute approximate surface area is 145 Å². The number of hydrogen-bond acceptors (Lipinski definition) is 5. The van der Waals surface area contributed by atoms with Crippen molar-refractivity contribution in [1.82, 2.24) is 25.1 Å². The fraction of sp³-hybridized carbons (Fsp3) is 0.222. The number of rotatable bonds is 5. The number of aryl methyl sites for hydroxylation is 2. The first-order valence-corrected chi connectivity index (χ1v) is 7.83. The number of carbonyl (C=O) groups is 1. The van der Waals surface area contributed by atoms with Gasteiger partial charge in [-0.2, -0.15) is 0 Å². The third kappa shape index (κ3) is 3.65. The second-order valence-corrected chi connectivity index (χ2v) is 5.67. The second kappa shape index (κ2) is 7.12. The van der Waals surface area contributed by atoms with Gasteiger partial charge in [-0.25, -0.2) is 4.98 Å². The highest BCUT2D eigenvalue weighted by molar-refractivity contribution is 5.94. The van der Waals surface area contributed by atoms with Crippen LogP contribution < -0.4 is 10.1 Å². The van der Waals surface area contributed by atoms with Gasteiger partial charge in [0, 0.05) is 29.1 Å². The van der Waals surface area contributed by atoms with Crippen molar-refractivity contribution >= 4 is 5.91 Å². The zero-order chi connectivity index (χ0) is 17.8. The highest BCUT2D eigenvalue weighted by Gasteiger charge is 2.12. The summed E-state index contributed by atoms with van der Waals surface area (Å²) in [5.74, 6) is 0.369. The Hall–Kier alpha value is -3.22. The average molecular weight is 337 g/mol. The lowest BCUT2D eigenvalue weighted by molar-refractivity contribution is 0.0950. The van der Waals surface area contributed by atoms with Crippen LogP contribution in [0.15, 0.2) is 43.0 Å². The molecule has 3 rings (SSSR count). The summed E-state index contributed by atoms with van der Waals surface area (Å²) < 4.78 is 7.08. The molecule has 0 aliphatic rings. The van der Waals surface area contributed by atoms with E-state index in [9.17, 15) is 4.79 Å². The maximum atomic E-state index is 12.5. The lowest BCUT2D eigenvalue weighted by Gasteiger charge is -2.13. The molecule has 1 aromatic carbocycles. The van der Waals surface area contributed by atoms with Crippen molar-refractivity contribution in [3.63, 3.8) is 0 Å². The molecule has 7 nitrogen and oxygen atoms in total. The molecule has 128 valence electrons. The fourth-order valence-electron chi connectivity index (χ4n) is 2.63. The van der Waals surface area contributed by atoms with E-state index in [4.69, 9.17) is 4.74 Å². The Balaban J connectivity index is 1.77. The van der Waals surface area contributed by atoms with Gasteiger partial charge in [0.1, 0.15) is 12.7 Å². The van der Waals surface area contributed by atoms with E-state index in [1.165, 1.54) is 0 Å². The maximum Gasteiger partial charge on any atom is 0.251 e. The molecule has 2 heterocycles. The Bertz CT molecular complexity index is 890. The minimum absolute atomic E-state index is 0.169. The molecule has 0 aliphatic heterocycles. The molecule has 0 saturated heterocycles. The van der Waals surface area contributed by atoms with Crippen LogP contribution in [0.3, 0.4) is 0 Å². The first-order valence-electron chi connectivity index (χ1n) is 7.83. The van der Waals surface area contributed by atoms with E-state index in [0.29, 0.717) is 18.0 Å². The standard InChI is InChI=1S/C18H19N5O2/c1-12-7-13(2)22-18(25-3)16(12)9-19-17(24)14-5-4-6-15(8-14)23-10-20-21-11-23/h4-8,10-11H,9H2,1-3H3,(H,19,24). The summed E-state index contributed by atoms with van der Waals surface area (Å²) in [5, 5.41) is 10.5. The monoisotopic (exact) mass is 337 g/mol. The normalized spacial score (nSPS) is 10.5. The van der Waals surface area contributed by atoms with Gasteiger partial charge < -0.3 is 10.1 Å². The highest BCUT2D eigenvalue weighted by atomic mass is 16.5. The van der Waals surface area contributed by atoms with Gasteiger partial charge in [-0.15, -0.1) is 10.2 Å². The summed E-state index contributed by atoms with van der Waals surface area (Å²) in [4.78, 5) is 16.9. The quantitative estimate of drug-likeness (QED) is 0.772. The van der Waals surface area contributed by atoms with Crippen molar-refractivity contribution in [3.05, 3.63) is 65.4 Å². The van der Waals surface area contributed by atoms with Crippen LogP contribution in [0.2, 0.25) is 0 Å². The lowest BCUT2D eigenvalue weighted by atomic mass is 10.1. The summed E-state index contributed by atoms with van der Waals surface area (Å²) >= 11 is 0. The van der Waals surface area contributed by atoms with Gasteiger partial charge >= 0.3 is 0 Å². The van der Waals surface area contributed by atoms with Crippen LogP contribution in [0.4, 0.5) is 0 Å². The first kappa shape index (κ1) is 16.6. The minimum Gasteiger partial charge on any atom is -0.481 e. The molecular formula is C18H19N5O2. The molecule has 0 unspecified atom stereocenters.